The molecule has 0 aromatic heterocycles. The van der Waals surface area contributed by atoms with Crippen LogP contribution < -0.4 is 15.5 Å². The maximum Gasteiger partial charge on any atom is 0.228 e. The quantitative estimate of drug-likeness (QED) is 0.895. The van der Waals surface area contributed by atoms with E-state index in [0.717, 1.165) is 19.5 Å². The Balaban J connectivity index is 1.70. The van der Waals surface area contributed by atoms with Crippen molar-refractivity contribution < 1.29 is 4.79 Å². The van der Waals surface area contributed by atoms with Gasteiger partial charge in [0.15, 0.2) is 0 Å². The second kappa shape index (κ2) is 6.29. The number of carbonyl (C=O) groups is 1. The highest BCUT2D eigenvalue weighted by atomic mass is 16.2. The molecule has 2 atom stereocenters. The van der Waals surface area contributed by atoms with Crippen LogP contribution in [0, 0.1) is 11.3 Å². The van der Waals surface area contributed by atoms with Crippen molar-refractivity contribution in [2.75, 3.05) is 32.1 Å². The predicted octanol–water partition coefficient (Wildman–Crippen LogP) is 2.15. The molecule has 2 fully saturated rings. The van der Waals surface area contributed by atoms with Gasteiger partial charge >= 0.3 is 0 Å². The van der Waals surface area contributed by atoms with Crippen LogP contribution in [0.2, 0.25) is 0 Å². The molecule has 0 bridgehead atoms. The van der Waals surface area contributed by atoms with E-state index >= 15 is 0 Å². The molecule has 1 saturated heterocycles. The first kappa shape index (κ1) is 15.3. The van der Waals surface area contributed by atoms with E-state index < -0.39 is 0 Å². The third-order valence-corrected chi connectivity index (χ3v) is 5.40. The molecule has 0 radical (unpaired) electrons. The molecule has 1 saturated carbocycles. The summed E-state index contributed by atoms with van der Waals surface area (Å²) in [5.74, 6) is 0.765. The predicted molar refractivity (Wildman–Crippen MR) is 89.9 cm³/mol. The Morgan fingerprint density at radius 1 is 1.36 bits per heavy atom. The summed E-state index contributed by atoms with van der Waals surface area (Å²) in [7, 11) is 4.08. The normalized spacial score (nSPS) is 27.3. The standard InChI is InChI=1S/C18H27N3O/c1-21(2)16-9-4-3-7-14(16)11-20-17(22)18-10-6-5-8-15(18)12-19-13-18/h3-4,7,9,15,19H,5-6,8,10-13H2,1-2H3,(H,20,22)/t15-,18+/m0/s1. The molecule has 1 aromatic rings. The van der Waals surface area contributed by atoms with Crippen LogP contribution in [0.4, 0.5) is 5.69 Å². The molecule has 1 amide bonds. The van der Waals surface area contributed by atoms with Gasteiger partial charge in [-0.05, 0) is 36.9 Å². The summed E-state index contributed by atoms with van der Waals surface area (Å²) >= 11 is 0. The van der Waals surface area contributed by atoms with Crippen LogP contribution >= 0.6 is 0 Å². The minimum Gasteiger partial charge on any atom is -0.377 e. The lowest BCUT2D eigenvalue weighted by molar-refractivity contribution is -0.134. The van der Waals surface area contributed by atoms with E-state index in [1.54, 1.807) is 0 Å². The number of nitrogens with zero attached hydrogens (tertiary/aromatic N) is 1. The topological polar surface area (TPSA) is 44.4 Å². The number of benzene rings is 1. The van der Waals surface area contributed by atoms with E-state index in [0.29, 0.717) is 12.5 Å². The van der Waals surface area contributed by atoms with E-state index in [4.69, 9.17) is 0 Å². The van der Waals surface area contributed by atoms with Crippen LogP contribution in [0.15, 0.2) is 24.3 Å². The molecule has 3 rings (SSSR count). The zero-order chi connectivity index (χ0) is 15.6. The summed E-state index contributed by atoms with van der Waals surface area (Å²) in [5, 5.41) is 6.67. The highest BCUT2D eigenvalue weighted by molar-refractivity contribution is 5.84. The van der Waals surface area contributed by atoms with E-state index in [1.807, 2.05) is 26.2 Å². The summed E-state index contributed by atoms with van der Waals surface area (Å²) in [6.45, 7) is 2.46. The molecule has 1 aliphatic heterocycles. The molecule has 0 spiro atoms. The molecule has 0 unspecified atom stereocenters. The smallest absolute Gasteiger partial charge is 0.228 e. The number of fused-ring (bicyclic) bond motifs is 1. The summed E-state index contributed by atoms with van der Waals surface area (Å²) in [4.78, 5) is 15.0. The van der Waals surface area contributed by atoms with Gasteiger partial charge in [-0.3, -0.25) is 4.79 Å². The molecule has 120 valence electrons. The van der Waals surface area contributed by atoms with Gasteiger partial charge in [0.05, 0.1) is 5.41 Å². The van der Waals surface area contributed by atoms with Gasteiger partial charge in [-0.15, -0.1) is 0 Å². The third-order valence-electron chi connectivity index (χ3n) is 5.40. The van der Waals surface area contributed by atoms with Gasteiger partial charge in [-0.25, -0.2) is 0 Å². The van der Waals surface area contributed by atoms with Gasteiger partial charge in [0.2, 0.25) is 5.91 Å². The van der Waals surface area contributed by atoms with Crippen LogP contribution in [0.25, 0.3) is 0 Å². The monoisotopic (exact) mass is 301 g/mol. The Bertz CT molecular complexity index is 543. The fourth-order valence-corrected chi connectivity index (χ4v) is 4.14. The zero-order valence-electron chi connectivity index (χ0n) is 13.7. The van der Waals surface area contributed by atoms with Crippen molar-refractivity contribution >= 4 is 11.6 Å². The molecule has 2 aliphatic rings. The number of carbonyl (C=O) groups excluding carboxylic acids is 1. The maximum atomic E-state index is 12.9. The average Bonchev–Trinajstić information content (AvgIpc) is 2.98. The highest BCUT2D eigenvalue weighted by Gasteiger charge is 2.49. The Kier molecular flexibility index (Phi) is 4.39. The Morgan fingerprint density at radius 3 is 3.00 bits per heavy atom. The van der Waals surface area contributed by atoms with Crippen molar-refractivity contribution in [2.45, 2.75) is 32.2 Å². The van der Waals surface area contributed by atoms with E-state index in [2.05, 4.69) is 27.7 Å². The SMILES string of the molecule is CN(C)c1ccccc1CNC(=O)[C@@]12CCCC[C@H]1CNC2. The number of hydrogen-bond donors (Lipinski definition) is 2. The van der Waals surface area contributed by atoms with E-state index in [9.17, 15) is 4.79 Å². The molecule has 1 aromatic carbocycles. The van der Waals surface area contributed by atoms with Crippen molar-refractivity contribution in [1.82, 2.24) is 10.6 Å². The minimum absolute atomic E-state index is 0.161. The van der Waals surface area contributed by atoms with Gasteiger partial charge in [0.25, 0.3) is 0 Å². The number of rotatable bonds is 4. The lowest BCUT2D eigenvalue weighted by atomic mass is 9.67. The van der Waals surface area contributed by atoms with Gasteiger partial charge < -0.3 is 15.5 Å². The first-order valence-corrected chi connectivity index (χ1v) is 8.38. The van der Waals surface area contributed by atoms with Gasteiger partial charge in [-0.1, -0.05) is 31.0 Å². The highest BCUT2D eigenvalue weighted by Crippen LogP contribution is 2.43. The lowest BCUT2D eigenvalue weighted by Gasteiger charge is -2.37. The minimum atomic E-state index is -0.161. The molecule has 22 heavy (non-hydrogen) atoms. The third kappa shape index (κ3) is 2.72. The largest absolute Gasteiger partial charge is 0.377 e. The molecule has 1 heterocycles. The van der Waals surface area contributed by atoms with Crippen LogP contribution in [0.5, 0.6) is 0 Å². The first-order valence-electron chi connectivity index (χ1n) is 8.38. The summed E-state index contributed by atoms with van der Waals surface area (Å²) in [6.07, 6.45) is 4.67. The number of anilines is 1. The summed E-state index contributed by atoms with van der Waals surface area (Å²) in [6, 6.07) is 8.27. The lowest BCUT2D eigenvalue weighted by Crippen LogP contribution is -2.47. The number of nitrogens with one attached hydrogen (secondary N) is 2. The Labute approximate surface area is 133 Å². The molecular formula is C18H27N3O. The zero-order valence-corrected chi connectivity index (χ0v) is 13.7. The number of amides is 1. The number of para-hydroxylation sites is 1. The van der Waals surface area contributed by atoms with Gasteiger partial charge in [-0.2, -0.15) is 0 Å². The second-order valence-corrected chi connectivity index (χ2v) is 6.94. The van der Waals surface area contributed by atoms with Gasteiger partial charge in [0.1, 0.15) is 0 Å². The van der Waals surface area contributed by atoms with E-state index in [1.165, 1.54) is 30.5 Å². The van der Waals surface area contributed by atoms with Crippen LogP contribution in [0.1, 0.15) is 31.2 Å². The van der Waals surface area contributed by atoms with Crippen molar-refractivity contribution in [2.24, 2.45) is 11.3 Å². The molecule has 4 heteroatoms. The molecule has 2 N–H and O–H groups in total. The van der Waals surface area contributed by atoms with Crippen LogP contribution in [0.3, 0.4) is 0 Å². The van der Waals surface area contributed by atoms with Crippen molar-refractivity contribution in [3.05, 3.63) is 29.8 Å². The number of hydrogen-bond acceptors (Lipinski definition) is 3. The van der Waals surface area contributed by atoms with Crippen molar-refractivity contribution in [3.8, 4) is 0 Å². The Hall–Kier alpha value is -1.55. The fourth-order valence-electron chi connectivity index (χ4n) is 4.14. The fraction of sp³-hybridized carbons (Fsp3) is 0.611. The first-order chi connectivity index (χ1) is 10.6. The summed E-state index contributed by atoms with van der Waals surface area (Å²) in [5.41, 5.74) is 2.19. The maximum absolute atomic E-state index is 12.9. The van der Waals surface area contributed by atoms with Crippen molar-refractivity contribution in [1.29, 1.82) is 0 Å². The molecule has 1 aliphatic carbocycles. The average molecular weight is 301 g/mol. The summed E-state index contributed by atoms with van der Waals surface area (Å²) < 4.78 is 0. The molecular weight excluding hydrogens is 274 g/mol. The van der Waals surface area contributed by atoms with E-state index in [-0.39, 0.29) is 11.3 Å². The van der Waals surface area contributed by atoms with Crippen molar-refractivity contribution in [3.63, 3.8) is 0 Å². The van der Waals surface area contributed by atoms with Crippen LogP contribution in [-0.2, 0) is 11.3 Å². The van der Waals surface area contributed by atoms with Crippen LogP contribution in [-0.4, -0.2) is 33.1 Å². The second-order valence-electron chi connectivity index (χ2n) is 6.94. The molecule has 4 nitrogen and oxygen atoms in total. The van der Waals surface area contributed by atoms with Gasteiger partial charge in [0, 0.05) is 32.9 Å². The Morgan fingerprint density at radius 2 is 2.18 bits per heavy atom.